The summed E-state index contributed by atoms with van der Waals surface area (Å²) < 4.78 is 18.3. The van der Waals surface area contributed by atoms with Crippen LogP contribution in [0.3, 0.4) is 0 Å². The topological polar surface area (TPSA) is 74.6 Å². The number of carbonyl (C=O) groups excluding carboxylic acids is 1. The normalized spacial score (nSPS) is 15.7. The first kappa shape index (κ1) is 19.2. The highest BCUT2D eigenvalue weighted by Gasteiger charge is 2.24. The molecule has 2 aromatic rings. The predicted molar refractivity (Wildman–Crippen MR) is 101 cm³/mol. The zero-order valence-corrected chi connectivity index (χ0v) is 16.2. The molecule has 1 amide bonds. The second-order valence-corrected chi connectivity index (χ2v) is 6.63. The molecule has 1 atom stereocenters. The van der Waals surface area contributed by atoms with Crippen molar-refractivity contribution in [1.82, 2.24) is 15.1 Å². The van der Waals surface area contributed by atoms with E-state index in [0.29, 0.717) is 38.6 Å². The van der Waals surface area contributed by atoms with Crippen LogP contribution < -0.4 is 14.8 Å². The van der Waals surface area contributed by atoms with Gasteiger partial charge in [0.2, 0.25) is 0 Å². The Labute approximate surface area is 159 Å². The number of para-hydroxylation sites is 1. The fourth-order valence-corrected chi connectivity index (χ4v) is 3.27. The highest BCUT2D eigenvalue weighted by molar-refractivity contribution is 5.92. The third kappa shape index (κ3) is 4.60. The molecule has 0 aliphatic carbocycles. The second kappa shape index (κ2) is 8.90. The maximum absolute atomic E-state index is 12.6. The van der Waals surface area contributed by atoms with E-state index in [9.17, 15) is 4.79 Å². The smallest absolute Gasteiger partial charge is 0.269 e. The van der Waals surface area contributed by atoms with E-state index in [1.165, 1.54) is 0 Å². The van der Waals surface area contributed by atoms with Gasteiger partial charge in [0.05, 0.1) is 32.6 Å². The van der Waals surface area contributed by atoms with Crippen molar-refractivity contribution in [1.29, 1.82) is 0 Å². The zero-order chi connectivity index (χ0) is 19.2. The summed E-state index contributed by atoms with van der Waals surface area (Å²) in [5.74, 6) is 1.66. The Kier molecular flexibility index (Phi) is 6.34. The Morgan fingerprint density at radius 2 is 2.30 bits per heavy atom. The first-order valence-electron chi connectivity index (χ1n) is 9.31. The third-order valence-electron chi connectivity index (χ3n) is 4.59. The summed E-state index contributed by atoms with van der Waals surface area (Å²) in [6, 6.07) is 7.70. The summed E-state index contributed by atoms with van der Waals surface area (Å²) in [6.07, 6.45) is 0.843. The summed E-state index contributed by atoms with van der Waals surface area (Å²) in [5.41, 5.74) is 2.49. The summed E-state index contributed by atoms with van der Waals surface area (Å²) in [6.45, 7) is 6.67. The summed E-state index contributed by atoms with van der Waals surface area (Å²) in [7, 11) is 1.64. The van der Waals surface area contributed by atoms with Gasteiger partial charge in [0.25, 0.3) is 5.91 Å². The first-order valence-corrected chi connectivity index (χ1v) is 9.31. The number of amides is 1. The Bertz CT molecular complexity index is 788. The Morgan fingerprint density at radius 1 is 1.44 bits per heavy atom. The van der Waals surface area contributed by atoms with E-state index in [2.05, 4.69) is 10.4 Å². The van der Waals surface area contributed by atoms with Crippen LogP contribution in [0.4, 0.5) is 0 Å². The fourth-order valence-electron chi connectivity index (χ4n) is 3.27. The highest BCUT2D eigenvalue weighted by Crippen LogP contribution is 2.35. The lowest BCUT2D eigenvalue weighted by Crippen LogP contribution is -2.36. The van der Waals surface area contributed by atoms with Gasteiger partial charge in [0, 0.05) is 19.1 Å². The largest absolute Gasteiger partial charge is 0.493 e. The summed E-state index contributed by atoms with van der Waals surface area (Å²) >= 11 is 0. The molecule has 0 spiro atoms. The molecule has 27 heavy (non-hydrogen) atoms. The van der Waals surface area contributed by atoms with Gasteiger partial charge in [-0.25, -0.2) is 0 Å². The fraction of sp³-hybridized carbons (Fsp3) is 0.500. The number of carbonyl (C=O) groups is 1. The third-order valence-corrected chi connectivity index (χ3v) is 4.59. The number of ether oxygens (including phenoxy) is 3. The van der Waals surface area contributed by atoms with Crippen LogP contribution in [-0.2, 0) is 17.7 Å². The monoisotopic (exact) mass is 373 g/mol. The van der Waals surface area contributed by atoms with E-state index >= 15 is 0 Å². The quantitative estimate of drug-likeness (QED) is 0.718. The molecule has 146 valence electrons. The van der Waals surface area contributed by atoms with Crippen LogP contribution in [-0.4, -0.2) is 49.2 Å². The molecular formula is C20H27N3O4. The molecule has 0 radical (unpaired) electrons. The van der Waals surface area contributed by atoms with Crippen molar-refractivity contribution >= 4 is 5.91 Å². The van der Waals surface area contributed by atoms with E-state index in [1.54, 1.807) is 17.9 Å². The molecule has 1 aromatic heterocycles. The number of hydrogen-bond acceptors (Lipinski definition) is 5. The lowest BCUT2D eigenvalue weighted by Gasteiger charge is -2.26. The van der Waals surface area contributed by atoms with Gasteiger partial charge in [-0.1, -0.05) is 12.1 Å². The van der Waals surface area contributed by atoms with Gasteiger partial charge >= 0.3 is 0 Å². The summed E-state index contributed by atoms with van der Waals surface area (Å²) in [4.78, 5) is 12.6. The molecule has 0 bridgehead atoms. The lowest BCUT2D eigenvalue weighted by atomic mass is 9.96. The van der Waals surface area contributed by atoms with Crippen LogP contribution in [0, 0.1) is 12.8 Å². The molecule has 1 aliphatic rings. The number of fused-ring (bicyclic) bond motifs is 1. The van der Waals surface area contributed by atoms with Crippen LogP contribution in [0.2, 0.25) is 0 Å². The second-order valence-electron chi connectivity index (χ2n) is 6.63. The molecule has 1 unspecified atom stereocenters. The molecule has 2 heterocycles. The first-order chi connectivity index (χ1) is 13.1. The number of aromatic nitrogens is 2. The van der Waals surface area contributed by atoms with E-state index in [-0.39, 0.29) is 11.8 Å². The molecular weight excluding hydrogens is 346 g/mol. The SMILES string of the molecule is CCOCCn1nc(C)cc1C(=O)NCC1COc2c(cccc2OC)C1. The van der Waals surface area contributed by atoms with Crippen molar-refractivity contribution in [2.75, 3.05) is 33.5 Å². The van der Waals surface area contributed by atoms with Crippen molar-refractivity contribution in [3.8, 4) is 11.5 Å². The Hall–Kier alpha value is -2.54. The molecule has 0 saturated heterocycles. The van der Waals surface area contributed by atoms with Crippen molar-refractivity contribution in [2.24, 2.45) is 5.92 Å². The van der Waals surface area contributed by atoms with E-state index in [4.69, 9.17) is 14.2 Å². The molecule has 1 N–H and O–H groups in total. The zero-order valence-electron chi connectivity index (χ0n) is 16.2. The minimum atomic E-state index is -0.122. The maximum atomic E-state index is 12.6. The van der Waals surface area contributed by atoms with Crippen LogP contribution in [0.5, 0.6) is 11.5 Å². The van der Waals surface area contributed by atoms with Gasteiger partial charge in [-0.05, 0) is 38.0 Å². The number of hydrogen-bond donors (Lipinski definition) is 1. The van der Waals surface area contributed by atoms with Gasteiger partial charge in [-0.2, -0.15) is 5.10 Å². The minimum Gasteiger partial charge on any atom is -0.493 e. The van der Waals surface area contributed by atoms with Crippen molar-refractivity contribution in [3.05, 3.63) is 41.2 Å². The van der Waals surface area contributed by atoms with Gasteiger partial charge in [-0.3, -0.25) is 9.48 Å². The molecule has 0 saturated carbocycles. The molecule has 3 rings (SSSR count). The number of nitrogens with zero attached hydrogens (tertiary/aromatic N) is 2. The van der Waals surface area contributed by atoms with Crippen LogP contribution in [0.1, 0.15) is 28.7 Å². The maximum Gasteiger partial charge on any atom is 0.269 e. The van der Waals surface area contributed by atoms with Crippen molar-refractivity contribution in [2.45, 2.75) is 26.8 Å². The number of methoxy groups -OCH3 is 1. The molecule has 7 nitrogen and oxygen atoms in total. The van der Waals surface area contributed by atoms with Crippen LogP contribution >= 0.6 is 0 Å². The number of aryl methyl sites for hydroxylation is 1. The van der Waals surface area contributed by atoms with E-state index < -0.39 is 0 Å². The molecule has 0 fully saturated rings. The lowest BCUT2D eigenvalue weighted by molar-refractivity contribution is 0.0920. The number of nitrogens with one attached hydrogen (secondary N) is 1. The predicted octanol–water partition coefficient (Wildman–Crippen LogP) is 2.22. The van der Waals surface area contributed by atoms with Gasteiger partial charge in [0.1, 0.15) is 5.69 Å². The standard InChI is InChI=1S/C20H27N3O4/c1-4-26-9-8-23-17(10-14(2)22-23)20(24)21-12-15-11-16-6-5-7-18(25-3)19(16)27-13-15/h5-7,10,15H,4,8-9,11-13H2,1-3H3,(H,21,24). The van der Waals surface area contributed by atoms with E-state index in [0.717, 1.165) is 29.2 Å². The van der Waals surface area contributed by atoms with Crippen molar-refractivity contribution in [3.63, 3.8) is 0 Å². The van der Waals surface area contributed by atoms with Gasteiger partial charge < -0.3 is 19.5 Å². The van der Waals surface area contributed by atoms with Crippen LogP contribution in [0.15, 0.2) is 24.3 Å². The van der Waals surface area contributed by atoms with Crippen LogP contribution in [0.25, 0.3) is 0 Å². The van der Waals surface area contributed by atoms with E-state index in [1.807, 2.05) is 32.0 Å². The molecule has 1 aromatic carbocycles. The van der Waals surface area contributed by atoms with Crippen molar-refractivity contribution < 1.29 is 19.0 Å². The average Bonchev–Trinajstić information content (AvgIpc) is 3.06. The highest BCUT2D eigenvalue weighted by atomic mass is 16.5. The average molecular weight is 373 g/mol. The van der Waals surface area contributed by atoms with Gasteiger partial charge in [-0.15, -0.1) is 0 Å². The Morgan fingerprint density at radius 3 is 3.07 bits per heavy atom. The van der Waals surface area contributed by atoms with Gasteiger partial charge in [0.15, 0.2) is 11.5 Å². The molecule has 7 heteroatoms. The minimum absolute atomic E-state index is 0.122. The summed E-state index contributed by atoms with van der Waals surface area (Å²) in [5, 5.41) is 7.40. The molecule has 1 aliphatic heterocycles. The Balaban J connectivity index is 1.58. The number of rotatable bonds is 8. The number of benzene rings is 1.